The molecule has 2 atom stereocenters. The molecule has 1 rings (SSSR count). The molecule has 4 nitrogen and oxygen atoms in total. The average molecular weight is 212 g/mol. The van der Waals surface area contributed by atoms with E-state index in [1.54, 1.807) is 5.82 Å². The van der Waals surface area contributed by atoms with Crippen molar-refractivity contribution >= 4 is 19.5 Å². The quantitative estimate of drug-likeness (QED) is 0.522. The van der Waals surface area contributed by atoms with Crippen LogP contribution in [-0.4, -0.2) is 29.7 Å². The van der Waals surface area contributed by atoms with Crippen LogP contribution in [0.5, 0.6) is 0 Å². The van der Waals surface area contributed by atoms with E-state index in [-0.39, 0.29) is 0 Å². The molecule has 1 saturated heterocycles. The number of rotatable bonds is 0. The maximum absolute atomic E-state index is 10.7. The Balaban J connectivity index is 2.57. The Morgan fingerprint density at radius 3 is 2.90 bits per heavy atom. The zero-order chi connectivity index (χ0) is 7.78. The van der Waals surface area contributed by atoms with Gasteiger partial charge in [-0.25, -0.2) is 0 Å². The molecular weight excluding hydrogens is 201 g/mol. The van der Waals surface area contributed by atoms with Gasteiger partial charge in [0.15, 0.2) is 0 Å². The molecule has 1 heterocycles. The second kappa shape index (κ2) is 2.51. The van der Waals surface area contributed by atoms with Gasteiger partial charge in [-0.3, -0.25) is 0 Å². The molecule has 2 unspecified atom stereocenters. The summed E-state index contributed by atoms with van der Waals surface area (Å²) in [4.78, 5) is 10.7. The summed E-state index contributed by atoms with van der Waals surface area (Å²) in [7, 11) is 0. The Labute approximate surface area is 62.2 Å². The van der Waals surface area contributed by atoms with Crippen LogP contribution in [0, 0.1) is 0 Å². The van der Waals surface area contributed by atoms with Crippen LogP contribution in [0.1, 0.15) is 6.42 Å². The Morgan fingerprint density at radius 2 is 2.50 bits per heavy atom. The second-order valence-corrected chi connectivity index (χ2v) is 7.69. The molecule has 0 saturated carbocycles. The van der Waals surface area contributed by atoms with E-state index in [0.717, 1.165) is 0 Å². The molecule has 5 heteroatoms. The molecule has 0 aromatic heterocycles. The summed E-state index contributed by atoms with van der Waals surface area (Å²) < 4.78 is 14.1. The molecule has 60 valence electrons. The molecule has 0 aliphatic carbocycles. The van der Waals surface area contributed by atoms with Gasteiger partial charge in [0.05, 0.1) is 0 Å². The van der Waals surface area contributed by atoms with Gasteiger partial charge in [0, 0.05) is 0 Å². The normalized spacial score (nSPS) is 47.5. The molecule has 0 aromatic carbocycles. The molecule has 1 aliphatic heterocycles. The number of hydrogen-bond acceptors (Lipinski definition) is 4. The van der Waals surface area contributed by atoms with Gasteiger partial charge in [-0.15, -0.1) is 0 Å². The Kier molecular flexibility index (Phi) is 2.01. The van der Waals surface area contributed by atoms with Crippen molar-refractivity contribution in [2.45, 2.75) is 23.6 Å². The number of nitrogens with two attached hydrogens (primary N) is 1. The van der Waals surface area contributed by atoms with Gasteiger partial charge in [0.1, 0.15) is 0 Å². The van der Waals surface area contributed by atoms with E-state index in [4.69, 9.17) is 9.55 Å². The van der Waals surface area contributed by atoms with Gasteiger partial charge in [-0.05, 0) is 0 Å². The van der Waals surface area contributed by atoms with Crippen LogP contribution in [0.3, 0.4) is 0 Å². The van der Waals surface area contributed by atoms with Crippen LogP contribution >= 0.6 is 0 Å². The minimum atomic E-state index is -2.79. The predicted molar refractivity (Wildman–Crippen MR) is 37.3 cm³/mol. The zero-order valence-electron chi connectivity index (χ0n) is 5.74. The van der Waals surface area contributed by atoms with Gasteiger partial charge < -0.3 is 0 Å². The first-order valence-electron chi connectivity index (χ1n) is 2.98. The Hall–Kier alpha value is -0.0905. The first kappa shape index (κ1) is 8.01. The average Bonchev–Trinajstić information content (AvgIpc) is 1.79. The minimum absolute atomic E-state index is 0.448. The van der Waals surface area contributed by atoms with E-state index < -0.39 is 25.5 Å². The third kappa shape index (κ3) is 1.70. The molecule has 10 heavy (non-hydrogen) atoms. The van der Waals surface area contributed by atoms with Crippen molar-refractivity contribution in [1.82, 2.24) is 0 Å². The first-order chi connectivity index (χ1) is 4.51. The summed E-state index contributed by atoms with van der Waals surface area (Å²) >= 11 is -2.79. The van der Waals surface area contributed by atoms with Crippen LogP contribution in [0.25, 0.3) is 0 Å². The predicted octanol–water partition coefficient (Wildman–Crippen LogP) is -0.675. The number of hydrogen-bond donors (Lipinski definition) is 2. The third-order valence-electron chi connectivity index (χ3n) is 1.37. The SMILES string of the molecule is C[Se]1(O)CCC(N)C(=O)O1. The van der Waals surface area contributed by atoms with E-state index in [1.807, 2.05) is 0 Å². The molecule has 3 N–H and O–H groups in total. The van der Waals surface area contributed by atoms with E-state index in [2.05, 4.69) is 0 Å². The Bertz CT molecular complexity index is 159. The molecule has 1 fully saturated rings. The molecule has 0 amide bonds. The van der Waals surface area contributed by atoms with Crippen molar-refractivity contribution < 1.29 is 12.8 Å². The van der Waals surface area contributed by atoms with Crippen molar-refractivity contribution in [3.8, 4) is 0 Å². The van der Waals surface area contributed by atoms with Crippen LogP contribution in [-0.2, 0) is 8.61 Å². The fraction of sp³-hybridized carbons (Fsp3) is 0.800. The molecule has 0 bridgehead atoms. The summed E-state index contributed by atoms with van der Waals surface area (Å²) in [6, 6.07) is -0.516. The fourth-order valence-electron chi connectivity index (χ4n) is 0.744. The summed E-state index contributed by atoms with van der Waals surface area (Å²) in [6.07, 6.45) is 0.561. The van der Waals surface area contributed by atoms with E-state index in [0.29, 0.717) is 11.7 Å². The van der Waals surface area contributed by atoms with E-state index >= 15 is 0 Å². The van der Waals surface area contributed by atoms with Crippen LogP contribution in [0.4, 0.5) is 0 Å². The van der Waals surface area contributed by atoms with Gasteiger partial charge >= 0.3 is 61.6 Å². The summed E-state index contributed by atoms with van der Waals surface area (Å²) in [5, 5.41) is 0.573. The van der Waals surface area contributed by atoms with Crippen molar-refractivity contribution in [3.63, 3.8) is 0 Å². The molecule has 1 aliphatic rings. The first-order valence-corrected chi connectivity index (χ1v) is 7.37. The number of carbonyl (C=O) groups is 1. The second-order valence-electron chi connectivity index (χ2n) is 2.46. The molecule has 0 radical (unpaired) electrons. The van der Waals surface area contributed by atoms with Crippen LogP contribution < -0.4 is 5.73 Å². The van der Waals surface area contributed by atoms with Gasteiger partial charge in [-0.2, -0.15) is 0 Å². The summed E-state index contributed by atoms with van der Waals surface area (Å²) in [5.41, 5.74) is 5.34. The van der Waals surface area contributed by atoms with Crippen molar-refractivity contribution in [2.24, 2.45) is 5.73 Å². The monoisotopic (exact) mass is 213 g/mol. The summed E-state index contributed by atoms with van der Waals surface area (Å²) in [6.45, 7) is 0. The van der Waals surface area contributed by atoms with Crippen molar-refractivity contribution in [1.29, 1.82) is 0 Å². The van der Waals surface area contributed by atoms with Gasteiger partial charge in [-0.1, -0.05) is 0 Å². The van der Waals surface area contributed by atoms with E-state index in [9.17, 15) is 8.98 Å². The van der Waals surface area contributed by atoms with Gasteiger partial charge in [0.25, 0.3) is 0 Å². The number of carbonyl (C=O) groups excluding carboxylic acids is 1. The van der Waals surface area contributed by atoms with Crippen molar-refractivity contribution in [2.75, 3.05) is 0 Å². The van der Waals surface area contributed by atoms with Crippen LogP contribution in [0.2, 0.25) is 11.1 Å². The standard InChI is InChI=1S/C5H11NO3Se/c1-10(8)3-2-4(6)5(7)9-10/h4,8H,2-3,6H2,1H3. The fourth-order valence-corrected chi connectivity index (χ4v) is 3.37. The molecule has 0 spiro atoms. The molecule has 0 aromatic rings. The van der Waals surface area contributed by atoms with Gasteiger partial charge in [0.2, 0.25) is 0 Å². The van der Waals surface area contributed by atoms with Crippen LogP contribution in [0.15, 0.2) is 0 Å². The topological polar surface area (TPSA) is 72.5 Å². The summed E-state index contributed by atoms with van der Waals surface area (Å²) in [5.74, 6) is 1.16. The maximum atomic E-state index is 10.7. The van der Waals surface area contributed by atoms with E-state index in [1.165, 1.54) is 0 Å². The zero-order valence-corrected chi connectivity index (χ0v) is 7.45. The Morgan fingerprint density at radius 1 is 1.90 bits per heavy atom. The van der Waals surface area contributed by atoms with Crippen molar-refractivity contribution in [3.05, 3.63) is 0 Å². The molecular formula is C5H11NO3Se. The third-order valence-corrected chi connectivity index (χ3v) is 4.55.